The van der Waals surface area contributed by atoms with Crippen LogP contribution in [0.4, 0.5) is 5.69 Å². The van der Waals surface area contributed by atoms with E-state index >= 15 is 0 Å². The van der Waals surface area contributed by atoms with Gasteiger partial charge in [0.2, 0.25) is 5.91 Å². The monoisotopic (exact) mass is 481 g/mol. The fraction of sp³-hybridized carbons (Fsp3) is 0.520. The highest BCUT2D eigenvalue weighted by Crippen LogP contribution is 2.61. The van der Waals surface area contributed by atoms with E-state index in [0.29, 0.717) is 10.7 Å². The number of carbonyl (C=O) groups is 1. The number of aromatic nitrogens is 4. The highest BCUT2D eigenvalue weighted by molar-refractivity contribution is 6.33. The third kappa shape index (κ3) is 3.26. The van der Waals surface area contributed by atoms with Gasteiger partial charge in [0.25, 0.3) is 5.56 Å². The van der Waals surface area contributed by atoms with Crippen LogP contribution in [0.25, 0.3) is 11.2 Å². The molecule has 0 saturated heterocycles. The average Bonchev–Trinajstić information content (AvgIpc) is 3.17. The number of imidazole rings is 1. The molecule has 2 heterocycles. The zero-order chi connectivity index (χ0) is 23.8. The van der Waals surface area contributed by atoms with Crippen molar-refractivity contribution in [3.8, 4) is 0 Å². The summed E-state index contributed by atoms with van der Waals surface area (Å²) in [4.78, 5) is 42.5. The van der Waals surface area contributed by atoms with Gasteiger partial charge in [-0.3, -0.25) is 14.2 Å². The van der Waals surface area contributed by atoms with E-state index in [-0.39, 0.29) is 16.6 Å². The molecule has 4 bridgehead atoms. The fourth-order valence-electron chi connectivity index (χ4n) is 7.28. The van der Waals surface area contributed by atoms with Crippen molar-refractivity contribution in [1.82, 2.24) is 18.7 Å². The maximum absolute atomic E-state index is 12.9. The molecule has 7 rings (SSSR count). The van der Waals surface area contributed by atoms with Gasteiger partial charge in [0.05, 0.1) is 17.0 Å². The van der Waals surface area contributed by atoms with E-state index in [2.05, 4.69) is 16.4 Å². The number of amides is 1. The van der Waals surface area contributed by atoms with Gasteiger partial charge < -0.3 is 9.88 Å². The number of carbonyl (C=O) groups excluding carboxylic acids is 1. The van der Waals surface area contributed by atoms with E-state index < -0.39 is 23.7 Å². The van der Waals surface area contributed by atoms with Crippen LogP contribution in [0.15, 0.2) is 34.1 Å². The van der Waals surface area contributed by atoms with Gasteiger partial charge in [0.15, 0.2) is 11.2 Å². The Morgan fingerprint density at radius 2 is 1.76 bits per heavy atom. The van der Waals surface area contributed by atoms with Gasteiger partial charge in [-0.1, -0.05) is 17.7 Å². The molecule has 1 aromatic carbocycles. The first kappa shape index (κ1) is 21.6. The zero-order valence-corrected chi connectivity index (χ0v) is 20.1. The van der Waals surface area contributed by atoms with Crippen LogP contribution in [0.5, 0.6) is 0 Å². The minimum Gasteiger partial charge on any atom is -0.328 e. The number of halogens is 1. The van der Waals surface area contributed by atoms with Crippen molar-refractivity contribution in [2.24, 2.45) is 31.8 Å². The molecule has 2 aromatic heterocycles. The lowest BCUT2D eigenvalue weighted by Crippen LogP contribution is -2.48. The van der Waals surface area contributed by atoms with Crippen molar-refractivity contribution >= 4 is 34.4 Å². The Bertz CT molecular complexity index is 1410. The standard InChI is InChI=1S/C25H28ClN5O3/c1-29-13-27-22-21(29)23(33)31(24(34)30(22)2)12-20(32)28-19-4-3-17(8-18(19)26)25-9-14-5-15(10-25)7-16(6-14)11-25/h3-4,8,13-16H,5-7,9-12H2,1-2H3,(H,28,32). The van der Waals surface area contributed by atoms with Crippen molar-refractivity contribution in [2.45, 2.75) is 50.5 Å². The van der Waals surface area contributed by atoms with E-state index in [9.17, 15) is 14.4 Å². The largest absolute Gasteiger partial charge is 0.332 e. The predicted molar refractivity (Wildman–Crippen MR) is 130 cm³/mol. The minimum absolute atomic E-state index is 0.221. The summed E-state index contributed by atoms with van der Waals surface area (Å²) in [5, 5.41) is 3.28. The fourth-order valence-corrected chi connectivity index (χ4v) is 7.51. The number of nitrogens with zero attached hydrogens (tertiary/aromatic N) is 4. The molecule has 8 nitrogen and oxygen atoms in total. The molecule has 178 valence electrons. The maximum Gasteiger partial charge on any atom is 0.332 e. The number of aryl methyl sites for hydroxylation is 2. The van der Waals surface area contributed by atoms with E-state index in [1.165, 1.54) is 62.0 Å². The number of anilines is 1. The summed E-state index contributed by atoms with van der Waals surface area (Å²) in [5.74, 6) is 2.02. The Morgan fingerprint density at radius 3 is 2.38 bits per heavy atom. The first-order valence-corrected chi connectivity index (χ1v) is 12.3. The van der Waals surface area contributed by atoms with E-state index in [1.54, 1.807) is 11.6 Å². The van der Waals surface area contributed by atoms with Crippen molar-refractivity contribution in [3.63, 3.8) is 0 Å². The smallest absolute Gasteiger partial charge is 0.328 e. The number of fused-ring (bicyclic) bond motifs is 1. The summed E-state index contributed by atoms with van der Waals surface area (Å²) in [6.45, 7) is -0.403. The van der Waals surface area contributed by atoms with Gasteiger partial charge >= 0.3 is 5.69 Å². The highest BCUT2D eigenvalue weighted by atomic mass is 35.5. The Morgan fingerprint density at radius 1 is 1.12 bits per heavy atom. The highest BCUT2D eigenvalue weighted by Gasteiger charge is 2.51. The molecule has 4 aliphatic rings. The van der Waals surface area contributed by atoms with Crippen molar-refractivity contribution < 1.29 is 4.79 Å². The van der Waals surface area contributed by atoms with Crippen LogP contribution in [0.1, 0.15) is 44.1 Å². The second kappa shape index (κ2) is 7.57. The SMILES string of the molecule is Cn1cnc2c1c(=O)n(CC(=O)Nc1ccc(C34CC5CC(CC(C5)C3)C4)cc1Cl)c(=O)n2C. The predicted octanol–water partition coefficient (Wildman–Crippen LogP) is 3.19. The van der Waals surface area contributed by atoms with Crippen LogP contribution in [-0.2, 0) is 30.8 Å². The number of hydrogen-bond donors (Lipinski definition) is 1. The van der Waals surface area contributed by atoms with Gasteiger partial charge in [-0.05, 0) is 79.4 Å². The lowest BCUT2D eigenvalue weighted by Gasteiger charge is -2.57. The summed E-state index contributed by atoms with van der Waals surface area (Å²) in [5.41, 5.74) is 1.42. The molecule has 0 unspecified atom stereocenters. The molecule has 0 aliphatic heterocycles. The van der Waals surface area contributed by atoms with Gasteiger partial charge in [-0.2, -0.15) is 0 Å². The van der Waals surface area contributed by atoms with Crippen LogP contribution in [0, 0.1) is 17.8 Å². The number of rotatable bonds is 4. The molecule has 0 atom stereocenters. The third-order valence-corrected chi connectivity index (χ3v) is 8.71. The van der Waals surface area contributed by atoms with E-state index in [4.69, 9.17) is 11.6 Å². The Kier molecular flexibility index (Phi) is 4.82. The van der Waals surface area contributed by atoms with Crippen molar-refractivity contribution in [2.75, 3.05) is 5.32 Å². The van der Waals surface area contributed by atoms with Crippen LogP contribution >= 0.6 is 11.6 Å². The summed E-state index contributed by atoms with van der Waals surface area (Å²) in [6, 6.07) is 5.97. The van der Waals surface area contributed by atoms with E-state index in [0.717, 1.165) is 22.3 Å². The third-order valence-electron chi connectivity index (χ3n) is 8.40. The molecule has 4 aliphatic carbocycles. The number of nitrogens with one attached hydrogen (secondary N) is 1. The summed E-state index contributed by atoms with van der Waals surface area (Å²) < 4.78 is 3.75. The molecular formula is C25H28ClN5O3. The van der Waals surface area contributed by atoms with Crippen molar-refractivity contribution in [3.05, 3.63) is 56.0 Å². The molecule has 1 N–H and O–H groups in total. The molecule has 4 fully saturated rings. The number of benzene rings is 1. The summed E-state index contributed by atoms with van der Waals surface area (Å²) in [6.07, 6.45) is 9.33. The molecule has 9 heteroatoms. The molecule has 0 spiro atoms. The molecule has 3 aromatic rings. The van der Waals surface area contributed by atoms with Crippen molar-refractivity contribution in [1.29, 1.82) is 0 Å². The summed E-state index contributed by atoms with van der Waals surface area (Å²) >= 11 is 6.63. The Labute approximate surface area is 201 Å². The van der Waals surface area contributed by atoms with Crippen LogP contribution in [-0.4, -0.2) is 24.6 Å². The second-order valence-corrected chi connectivity index (χ2v) is 11.1. The van der Waals surface area contributed by atoms with Crippen LogP contribution < -0.4 is 16.6 Å². The zero-order valence-electron chi connectivity index (χ0n) is 19.4. The van der Waals surface area contributed by atoms with Gasteiger partial charge in [0.1, 0.15) is 6.54 Å². The quantitative estimate of drug-likeness (QED) is 0.619. The first-order valence-electron chi connectivity index (χ1n) is 11.9. The van der Waals surface area contributed by atoms with Gasteiger partial charge in [-0.25, -0.2) is 14.3 Å². The number of hydrogen-bond acceptors (Lipinski definition) is 4. The maximum atomic E-state index is 12.9. The van der Waals surface area contributed by atoms with E-state index in [1.807, 2.05) is 12.1 Å². The normalized spacial score (nSPS) is 27.4. The molecular weight excluding hydrogens is 454 g/mol. The van der Waals surface area contributed by atoms with Gasteiger partial charge in [0, 0.05) is 14.1 Å². The first-order chi connectivity index (χ1) is 16.2. The molecule has 0 radical (unpaired) electrons. The van der Waals surface area contributed by atoms with Crippen LogP contribution in [0.2, 0.25) is 5.02 Å². The van der Waals surface area contributed by atoms with Crippen LogP contribution in [0.3, 0.4) is 0 Å². The summed E-state index contributed by atoms with van der Waals surface area (Å²) in [7, 11) is 3.21. The second-order valence-electron chi connectivity index (χ2n) is 10.7. The molecule has 1 amide bonds. The Balaban J connectivity index is 1.25. The molecule has 34 heavy (non-hydrogen) atoms. The Hall–Kier alpha value is -2.87. The lowest BCUT2D eigenvalue weighted by molar-refractivity contribution is -0.116. The molecule has 4 saturated carbocycles. The van der Waals surface area contributed by atoms with Gasteiger partial charge in [-0.15, -0.1) is 0 Å². The topological polar surface area (TPSA) is 90.9 Å². The average molecular weight is 482 g/mol. The minimum atomic E-state index is -0.588. The lowest BCUT2D eigenvalue weighted by atomic mass is 9.48.